The van der Waals surface area contributed by atoms with E-state index in [-0.39, 0.29) is 0 Å². The molecule has 7 rings (SSSR count). The summed E-state index contributed by atoms with van der Waals surface area (Å²) in [5.41, 5.74) is 4.33. The maximum Gasteiger partial charge on any atom is 0.135 e. The zero-order valence-electron chi connectivity index (χ0n) is 16.8. The van der Waals surface area contributed by atoms with Crippen LogP contribution in [0.25, 0.3) is 65.4 Å². The van der Waals surface area contributed by atoms with Crippen molar-refractivity contribution in [1.82, 2.24) is 0 Å². The van der Waals surface area contributed by atoms with Crippen molar-refractivity contribution in [2.75, 3.05) is 0 Å². The van der Waals surface area contributed by atoms with E-state index in [4.69, 9.17) is 4.42 Å². The van der Waals surface area contributed by atoms with Crippen molar-refractivity contribution in [3.63, 3.8) is 0 Å². The van der Waals surface area contributed by atoms with Gasteiger partial charge < -0.3 is 4.42 Å². The van der Waals surface area contributed by atoms with Gasteiger partial charge in [0.15, 0.2) is 0 Å². The molecule has 1 heterocycles. The van der Waals surface area contributed by atoms with E-state index in [1.807, 2.05) is 12.1 Å². The van der Waals surface area contributed by atoms with Crippen LogP contribution in [0, 0.1) is 0 Å². The molecule has 0 radical (unpaired) electrons. The Morgan fingerprint density at radius 1 is 0.387 bits per heavy atom. The predicted octanol–water partition coefficient (Wildman–Crippen LogP) is 8.71. The van der Waals surface area contributed by atoms with Crippen molar-refractivity contribution in [2.24, 2.45) is 0 Å². The molecule has 0 aliphatic carbocycles. The molecule has 0 N–H and O–H groups in total. The Morgan fingerprint density at radius 3 is 1.68 bits per heavy atom. The second kappa shape index (κ2) is 6.20. The summed E-state index contributed by atoms with van der Waals surface area (Å²) in [5.74, 6) is 0. The highest BCUT2D eigenvalue weighted by Gasteiger charge is 2.14. The van der Waals surface area contributed by atoms with Gasteiger partial charge in [-0.2, -0.15) is 0 Å². The number of rotatable bonds is 1. The number of furan rings is 1. The molecule has 0 atom stereocenters. The third kappa shape index (κ3) is 2.32. The average molecular weight is 394 g/mol. The minimum absolute atomic E-state index is 0.931. The Bertz CT molecular complexity index is 1740. The Labute approximate surface area is 179 Å². The van der Waals surface area contributed by atoms with Crippen molar-refractivity contribution >= 4 is 54.3 Å². The molecule has 1 heteroatoms. The highest BCUT2D eigenvalue weighted by Crippen LogP contribution is 2.41. The van der Waals surface area contributed by atoms with Crippen LogP contribution in [-0.2, 0) is 0 Å². The fraction of sp³-hybridized carbons (Fsp3) is 0. The molecule has 0 saturated carbocycles. The van der Waals surface area contributed by atoms with E-state index in [1.165, 1.54) is 43.4 Å². The molecule has 1 aromatic heterocycles. The van der Waals surface area contributed by atoms with Gasteiger partial charge in [0.2, 0.25) is 0 Å². The SMILES string of the molecule is c1ccc2c(c1)oc1ccc(-c3cccc4c5ccccc5c5ccccc5c34)cc12. The van der Waals surface area contributed by atoms with Crippen molar-refractivity contribution in [3.05, 3.63) is 109 Å². The maximum absolute atomic E-state index is 6.06. The summed E-state index contributed by atoms with van der Waals surface area (Å²) in [5, 5.41) is 10.1. The second-order valence-electron chi connectivity index (χ2n) is 8.13. The third-order valence-corrected chi connectivity index (χ3v) is 6.46. The molecule has 6 aromatic carbocycles. The zero-order valence-corrected chi connectivity index (χ0v) is 16.8. The van der Waals surface area contributed by atoms with Crippen molar-refractivity contribution < 1.29 is 4.42 Å². The summed E-state index contributed by atoms with van der Waals surface area (Å²) in [7, 11) is 0. The first kappa shape index (κ1) is 16.7. The van der Waals surface area contributed by atoms with Gasteiger partial charge in [0.1, 0.15) is 11.2 Å². The van der Waals surface area contributed by atoms with Gasteiger partial charge in [-0.15, -0.1) is 0 Å². The van der Waals surface area contributed by atoms with Gasteiger partial charge >= 0.3 is 0 Å². The van der Waals surface area contributed by atoms with Crippen LogP contribution in [-0.4, -0.2) is 0 Å². The van der Waals surface area contributed by atoms with E-state index >= 15 is 0 Å². The molecular formula is C30H18O. The fourth-order valence-corrected chi connectivity index (χ4v) is 5.09. The molecule has 7 aromatic rings. The van der Waals surface area contributed by atoms with E-state index in [9.17, 15) is 0 Å². The van der Waals surface area contributed by atoms with Gasteiger partial charge in [0.25, 0.3) is 0 Å². The Kier molecular flexibility index (Phi) is 3.33. The molecule has 0 unspecified atom stereocenters. The lowest BCUT2D eigenvalue weighted by Gasteiger charge is -2.14. The van der Waals surface area contributed by atoms with Crippen LogP contribution in [0.4, 0.5) is 0 Å². The van der Waals surface area contributed by atoms with Crippen LogP contribution in [0.15, 0.2) is 114 Å². The smallest absolute Gasteiger partial charge is 0.135 e. The molecule has 0 aliphatic rings. The van der Waals surface area contributed by atoms with Gasteiger partial charge in [0.05, 0.1) is 0 Å². The van der Waals surface area contributed by atoms with Gasteiger partial charge in [-0.1, -0.05) is 91.0 Å². The molecule has 0 aliphatic heterocycles. The monoisotopic (exact) mass is 394 g/mol. The molecule has 0 saturated heterocycles. The average Bonchev–Trinajstić information content (AvgIpc) is 3.22. The molecule has 1 nitrogen and oxygen atoms in total. The lowest BCUT2D eigenvalue weighted by atomic mass is 9.89. The Hall–Kier alpha value is -4.10. The third-order valence-electron chi connectivity index (χ3n) is 6.46. The van der Waals surface area contributed by atoms with Crippen LogP contribution in [0.2, 0.25) is 0 Å². The number of para-hydroxylation sites is 1. The van der Waals surface area contributed by atoms with E-state index in [0.717, 1.165) is 21.9 Å². The zero-order chi connectivity index (χ0) is 20.4. The standard InChI is InChI=1S/C30H18O/c1-2-9-23-21(8-1)22-10-3-4-12-25(22)30-20(13-7-14-26(23)30)19-16-17-29-27(18-19)24-11-5-6-15-28(24)31-29/h1-18H. The largest absolute Gasteiger partial charge is 0.456 e. The van der Waals surface area contributed by atoms with Crippen LogP contribution in [0.3, 0.4) is 0 Å². The quantitative estimate of drug-likeness (QED) is 0.254. The number of benzene rings is 6. The van der Waals surface area contributed by atoms with Gasteiger partial charge in [-0.25, -0.2) is 0 Å². The number of hydrogen-bond donors (Lipinski definition) is 0. The fourth-order valence-electron chi connectivity index (χ4n) is 5.09. The number of hydrogen-bond acceptors (Lipinski definition) is 1. The maximum atomic E-state index is 6.06. The topological polar surface area (TPSA) is 13.1 Å². The molecule has 0 fully saturated rings. The Morgan fingerprint density at radius 2 is 0.935 bits per heavy atom. The van der Waals surface area contributed by atoms with E-state index in [1.54, 1.807) is 0 Å². The van der Waals surface area contributed by atoms with E-state index in [0.29, 0.717) is 0 Å². The molecule has 0 amide bonds. The lowest BCUT2D eigenvalue weighted by Crippen LogP contribution is -1.87. The molecule has 144 valence electrons. The first-order valence-electron chi connectivity index (χ1n) is 10.6. The van der Waals surface area contributed by atoms with Gasteiger partial charge in [-0.05, 0) is 61.6 Å². The first-order chi connectivity index (χ1) is 15.4. The molecule has 0 spiro atoms. The minimum atomic E-state index is 0.931. The lowest BCUT2D eigenvalue weighted by molar-refractivity contribution is 0.669. The van der Waals surface area contributed by atoms with E-state index in [2.05, 4.69) is 97.1 Å². The summed E-state index contributed by atoms with van der Waals surface area (Å²) in [6.07, 6.45) is 0. The molecule has 31 heavy (non-hydrogen) atoms. The van der Waals surface area contributed by atoms with Crippen LogP contribution < -0.4 is 0 Å². The van der Waals surface area contributed by atoms with Crippen molar-refractivity contribution in [1.29, 1.82) is 0 Å². The van der Waals surface area contributed by atoms with Crippen molar-refractivity contribution in [3.8, 4) is 11.1 Å². The Balaban J connectivity index is 1.65. The highest BCUT2D eigenvalue weighted by molar-refractivity contribution is 6.28. The van der Waals surface area contributed by atoms with Crippen molar-refractivity contribution in [2.45, 2.75) is 0 Å². The summed E-state index contributed by atoms with van der Waals surface area (Å²) < 4.78 is 6.06. The number of fused-ring (bicyclic) bond motifs is 9. The molecular weight excluding hydrogens is 376 g/mol. The van der Waals surface area contributed by atoms with Gasteiger partial charge in [0, 0.05) is 10.8 Å². The van der Waals surface area contributed by atoms with Crippen LogP contribution >= 0.6 is 0 Å². The van der Waals surface area contributed by atoms with E-state index < -0.39 is 0 Å². The summed E-state index contributed by atoms with van der Waals surface area (Å²) in [6, 6.07) is 39.0. The highest BCUT2D eigenvalue weighted by atomic mass is 16.3. The normalized spacial score (nSPS) is 11.9. The first-order valence-corrected chi connectivity index (χ1v) is 10.6. The summed E-state index contributed by atoms with van der Waals surface area (Å²) in [4.78, 5) is 0. The molecule has 0 bridgehead atoms. The van der Waals surface area contributed by atoms with Crippen LogP contribution in [0.5, 0.6) is 0 Å². The second-order valence-corrected chi connectivity index (χ2v) is 8.13. The van der Waals surface area contributed by atoms with Crippen LogP contribution in [0.1, 0.15) is 0 Å². The summed E-state index contributed by atoms with van der Waals surface area (Å²) >= 11 is 0. The van der Waals surface area contributed by atoms with Gasteiger partial charge in [-0.3, -0.25) is 0 Å². The summed E-state index contributed by atoms with van der Waals surface area (Å²) in [6.45, 7) is 0. The minimum Gasteiger partial charge on any atom is -0.456 e. The predicted molar refractivity (Wildman–Crippen MR) is 132 cm³/mol.